The fourth-order valence-corrected chi connectivity index (χ4v) is 2.00. The van der Waals surface area contributed by atoms with Gasteiger partial charge in [0.15, 0.2) is 5.78 Å². The Kier molecular flexibility index (Phi) is 8.52. The van der Waals surface area contributed by atoms with Crippen LogP contribution in [0.4, 0.5) is 0 Å². The van der Waals surface area contributed by atoms with Crippen molar-refractivity contribution in [1.82, 2.24) is 10.2 Å². The molecule has 0 aliphatic carbocycles. The van der Waals surface area contributed by atoms with Crippen molar-refractivity contribution in [3.8, 4) is 0 Å². The van der Waals surface area contributed by atoms with E-state index in [1.165, 1.54) is 11.8 Å². The van der Waals surface area contributed by atoms with Gasteiger partial charge in [-0.05, 0) is 25.7 Å². The largest absolute Gasteiger partial charge is 0.344 e. The lowest BCUT2D eigenvalue weighted by Gasteiger charge is -2.28. The van der Waals surface area contributed by atoms with Crippen molar-refractivity contribution in [2.45, 2.75) is 52.1 Å². The molecule has 0 radical (unpaired) electrons. The summed E-state index contributed by atoms with van der Waals surface area (Å²) in [6.07, 6.45) is 4.25. The molecule has 5 heteroatoms. The quantitative estimate of drug-likeness (QED) is 0.488. The maximum absolute atomic E-state index is 12.3. The highest BCUT2D eigenvalue weighted by molar-refractivity contribution is 5.90. The van der Waals surface area contributed by atoms with Crippen LogP contribution in [0, 0.1) is 5.92 Å². The average molecular weight is 282 g/mol. The number of allylic oxidation sites excluding steroid dienone is 1. The Morgan fingerprint density at radius 1 is 1.40 bits per heavy atom. The number of carbonyl (C=O) groups is 3. The number of ketones is 1. The number of Topliss-reactive ketones (excluding diaryl/α,β-unsaturated/α-hetero) is 1. The van der Waals surface area contributed by atoms with Crippen LogP contribution in [0.2, 0.25) is 0 Å². The van der Waals surface area contributed by atoms with Crippen LogP contribution in [0.5, 0.6) is 0 Å². The van der Waals surface area contributed by atoms with Gasteiger partial charge in [-0.15, -0.1) is 6.58 Å². The molecule has 0 aromatic carbocycles. The summed E-state index contributed by atoms with van der Waals surface area (Å²) >= 11 is 0. The molecule has 0 saturated heterocycles. The SMILES string of the molecule is C=CCCC(C(=O)NC(C(C)=O)C(C)CC)N(C)C=O. The zero-order valence-corrected chi connectivity index (χ0v) is 12.9. The number of likely N-dealkylation sites (N-methyl/N-ethyl adjacent to an activating group) is 1. The summed E-state index contributed by atoms with van der Waals surface area (Å²) in [5.74, 6) is -0.288. The van der Waals surface area contributed by atoms with Crippen molar-refractivity contribution in [2.24, 2.45) is 5.92 Å². The first kappa shape index (κ1) is 18.4. The van der Waals surface area contributed by atoms with E-state index in [2.05, 4.69) is 11.9 Å². The number of carbonyl (C=O) groups excluding carboxylic acids is 3. The molecule has 0 rings (SSSR count). The third kappa shape index (κ3) is 5.55. The van der Waals surface area contributed by atoms with Gasteiger partial charge in [0.25, 0.3) is 0 Å². The van der Waals surface area contributed by atoms with Gasteiger partial charge in [-0.25, -0.2) is 0 Å². The van der Waals surface area contributed by atoms with E-state index < -0.39 is 12.1 Å². The van der Waals surface area contributed by atoms with E-state index in [1.807, 2.05) is 13.8 Å². The normalized spacial score (nSPS) is 14.8. The van der Waals surface area contributed by atoms with E-state index >= 15 is 0 Å². The highest BCUT2D eigenvalue weighted by Gasteiger charge is 2.28. The smallest absolute Gasteiger partial charge is 0.243 e. The molecule has 0 fully saturated rings. The molecule has 0 aliphatic heterocycles. The molecular formula is C15H26N2O3. The molecule has 0 bridgehead atoms. The van der Waals surface area contributed by atoms with Gasteiger partial charge in [0.2, 0.25) is 12.3 Å². The van der Waals surface area contributed by atoms with Crippen molar-refractivity contribution in [3.05, 3.63) is 12.7 Å². The van der Waals surface area contributed by atoms with E-state index in [9.17, 15) is 14.4 Å². The molecule has 3 atom stereocenters. The zero-order chi connectivity index (χ0) is 15.7. The zero-order valence-electron chi connectivity index (χ0n) is 12.9. The third-order valence-electron chi connectivity index (χ3n) is 3.55. The second kappa shape index (κ2) is 9.28. The topological polar surface area (TPSA) is 66.5 Å². The van der Waals surface area contributed by atoms with Gasteiger partial charge in [-0.2, -0.15) is 0 Å². The van der Waals surface area contributed by atoms with Crippen molar-refractivity contribution in [1.29, 1.82) is 0 Å². The van der Waals surface area contributed by atoms with Crippen LogP contribution in [0.15, 0.2) is 12.7 Å². The summed E-state index contributed by atoms with van der Waals surface area (Å²) in [5, 5.41) is 2.77. The molecule has 5 nitrogen and oxygen atoms in total. The fourth-order valence-electron chi connectivity index (χ4n) is 2.00. The van der Waals surface area contributed by atoms with Crippen LogP contribution < -0.4 is 5.32 Å². The molecule has 2 amide bonds. The summed E-state index contributed by atoms with van der Waals surface area (Å²) in [7, 11) is 1.56. The molecule has 0 saturated carbocycles. The van der Waals surface area contributed by atoms with Crippen LogP contribution in [0.3, 0.4) is 0 Å². The Morgan fingerprint density at radius 3 is 2.40 bits per heavy atom. The van der Waals surface area contributed by atoms with Crippen LogP contribution in [0.25, 0.3) is 0 Å². The number of hydrogen-bond donors (Lipinski definition) is 1. The number of amides is 2. The summed E-state index contributed by atoms with van der Waals surface area (Å²) in [6.45, 7) is 8.98. The standard InChI is InChI=1S/C15H26N2O3/c1-6-8-9-13(17(5)10-18)15(20)16-14(12(4)19)11(3)7-2/h6,10-11,13-14H,1,7-9H2,2-5H3,(H,16,20). The van der Waals surface area contributed by atoms with Crippen molar-refractivity contribution < 1.29 is 14.4 Å². The summed E-state index contributed by atoms with van der Waals surface area (Å²) in [5.41, 5.74) is 0. The van der Waals surface area contributed by atoms with Crippen LogP contribution >= 0.6 is 0 Å². The van der Waals surface area contributed by atoms with Gasteiger partial charge >= 0.3 is 0 Å². The van der Waals surface area contributed by atoms with Crippen LogP contribution in [0.1, 0.15) is 40.0 Å². The number of nitrogens with one attached hydrogen (secondary N) is 1. The maximum atomic E-state index is 12.3. The molecule has 0 aliphatic rings. The first-order valence-corrected chi connectivity index (χ1v) is 6.97. The minimum atomic E-state index is -0.573. The third-order valence-corrected chi connectivity index (χ3v) is 3.55. The van der Waals surface area contributed by atoms with Crippen LogP contribution in [-0.4, -0.2) is 42.1 Å². The summed E-state index contributed by atoms with van der Waals surface area (Å²) < 4.78 is 0. The van der Waals surface area contributed by atoms with Crippen molar-refractivity contribution in [2.75, 3.05) is 7.05 Å². The van der Waals surface area contributed by atoms with Crippen LogP contribution in [-0.2, 0) is 14.4 Å². The Balaban J connectivity index is 4.90. The number of rotatable bonds is 10. The Hall–Kier alpha value is -1.65. The second-order valence-electron chi connectivity index (χ2n) is 5.14. The van der Waals surface area contributed by atoms with E-state index in [1.54, 1.807) is 13.1 Å². The fraction of sp³-hybridized carbons (Fsp3) is 0.667. The molecule has 0 heterocycles. The molecule has 0 aromatic rings. The minimum absolute atomic E-state index is 0.0658. The van der Waals surface area contributed by atoms with Gasteiger partial charge in [-0.3, -0.25) is 14.4 Å². The van der Waals surface area contributed by atoms with Gasteiger partial charge in [0.1, 0.15) is 6.04 Å². The van der Waals surface area contributed by atoms with E-state index in [-0.39, 0.29) is 17.6 Å². The molecule has 20 heavy (non-hydrogen) atoms. The average Bonchev–Trinajstić information content (AvgIpc) is 2.43. The second-order valence-corrected chi connectivity index (χ2v) is 5.14. The molecule has 0 spiro atoms. The van der Waals surface area contributed by atoms with Gasteiger partial charge < -0.3 is 10.2 Å². The van der Waals surface area contributed by atoms with Crippen molar-refractivity contribution in [3.63, 3.8) is 0 Å². The molecule has 1 N–H and O–H groups in total. The first-order chi connectivity index (χ1) is 9.38. The Labute approximate surface area is 121 Å². The Bertz CT molecular complexity index is 355. The summed E-state index contributed by atoms with van der Waals surface area (Å²) in [4.78, 5) is 36.1. The van der Waals surface area contributed by atoms with Gasteiger partial charge in [0.05, 0.1) is 6.04 Å². The van der Waals surface area contributed by atoms with E-state index in [4.69, 9.17) is 0 Å². The molecule has 114 valence electrons. The van der Waals surface area contributed by atoms with E-state index in [0.29, 0.717) is 19.3 Å². The lowest BCUT2D eigenvalue weighted by atomic mass is 9.95. The Morgan fingerprint density at radius 2 is 2.00 bits per heavy atom. The molecule has 3 unspecified atom stereocenters. The van der Waals surface area contributed by atoms with Gasteiger partial charge in [-0.1, -0.05) is 26.3 Å². The number of nitrogens with zero attached hydrogens (tertiary/aromatic N) is 1. The van der Waals surface area contributed by atoms with Crippen molar-refractivity contribution >= 4 is 18.1 Å². The monoisotopic (exact) mass is 282 g/mol. The predicted molar refractivity (Wildman–Crippen MR) is 79.1 cm³/mol. The summed E-state index contributed by atoms with van der Waals surface area (Å²) in [6, 6.07) is -1.07. The predicted octanol–water partition coefficient (Wildman–Crippen LogP) is 1.53. The van der Waals surface area contributed by atoms with Gasteiger partial charge in [0, 0.05) is 7.05 Å². The highest BCUT2D eigenvalue weighted by atomic mass is 16.2. The minimum Gasteiger partial charge on any atom is -0.344 e. The molecular weight excluding hydrogens is 256 g/mol. The molecule has 0 aromatic heterocycles. The van der Waals surface area contributed by atoms with E-state index in [0.717, 1.165) is 6.42 Å². The first-order valence-electron chi connectivity index (χ1n) is 6.97. The maximum Gasteiger partial charge on any atom is 0.243 e. The highest BCUT2D eigenvalue weighted by Crippen LogP contribution is 2.11. The lowest BCUT2D eigenvalue weighted by Crippen LogP contribution is -2.52. The lowest BCUT2D eigenvalue weighted by molar-refractivity contribution is -0.134. The number of hydrogen-bond acceptors (Lipinski definition) is 3.